The molecule has 9 nitrogen and oxygen atoms in total. The number of hydrogen-bond donors (Lipinski definition) is 2. The van der Waals surface area contributed by atoms with Gasteiger partial charge in [0.2, 0.25) is 0 Å². The van der Waals surface area contributed by atoms with Crippen molar-refractivity contribution in [3.8, 4) is 17.2 Å². The van der Waals surface area contributed by atoms with Crippen LogP contribution in [0.15, 0.2) is 91.3 Å². The molecule has 5 aromatic rings. The summed E-state index contributed by atoms with van der Waals surface area (Å²) in [6.45, 7) is 10.6. The number of aromatic carboxylic acids is 1. The van der Waals surface area contributed by atoms with Gasteiger partial charge in [0, 0.05) is 74.7 Å². The summed E-state index contributed by atoms with van der Waals surface area (Å²) in [7, 11) is 1.72. The maximum absolute atomic E-state index is 12.1. The Morgan fingerprint density at radius 2 is 1.75 bits per heavy atom. The van der Waals surface area contributed by atoms with Gasteiger partial charge in [-0.3, -0.25) is 9.80 Å². The smallest absolute Gasteiger partial charge is 0.339 e. The highest BCUT2D eigenvalue weighted by Crippen LogP contribution is 2.53. The summed E-state index contributed by atoms with van der Waals surface area (Å²) in [6, 6.07) is 27.9. The lowest BCUT2D eigenvalue weighted by Crippen LogP contribution is -2.60. The number of rotatable bonds is 10. The third-order valence-electron chi connectivity index (χ3n) is 11.8. The number of benzene rings is 3. The molecule has 4 heterocycles. The zero-order chi connectivity index (χ0) is 35.8. The molecule has 3 aromatic carbocycles. The fourth-order valence-electron chi connectivity index (χ4n) is 8.93. The molecule has 3 aliphatic rings. The molecule has 2 aromatic heterocycles. The number of piperidine rings is 1. The predicted octanol–water partition coefficient (Wildman–Crippen LogP) is 8.49. The number of pyridine rings is 1. The second-order valence-corrected chi connectivity index (χ2v) is 15.3. The lowest BCUT2D eigenvalue weighted by atomic mass is 9.59. The third kappa shape index (κ3) is 6.87. The molecule has 1 unspecified atom stereocenters. The Hall–Kier alpha value is -4.86. The van der Waals surface area contributed by atoms with E-state index < -0.39 is 5.97 Å². The summed E-state index contributed by atoms with van der Waals surface area (Å²) in [5, 5.41) is 10.8. The van der Waals surface area contributed by atoms with Crippen LogP contribution in [0.1, 0.15) is 78.5 Å². The minimum absolute atomic E-state index is 0.144. The molecule has 0 radical (unpaired) electrons. The highest BCUT2D eigenvalue weighted by molar-refractivity contribution is 5.92. The number of fused-ring (bicyclic) bond motifs is 1. The molecule has 1 atom stereocenters. The van der Waals surface area contributed by atoms with Gasteiger partial charge in [-0.05, 0) is 90.1 Å². The van der Waals surface area contributed by atoms with Crippen molar-refractivity contribution < 1.29 is 19.4 Å². The highest BCUT2D eigenvalue weighted by Gasteiger charge is 2.50. The van der Waals surface area contributed by atoms with E-state index in [1.54, 1.807) is 19.4 Å². The minimum atomic E-state index is -1.01. The average Bonchev–Trinajstić information content (AvgIpc) is 3.62. The SMILES string of the molecule is COc1ccc(CN2CCN(C3CC4(CCN(c5ccc(C(=O)O)c(Oc6cnc7[nH]ccc7c6)c5)CC4)C3)C(c3ccccc3C(C)C)C2)cc1. The molecule has 0 bridgehead atoms. The number of piperazine rings is 1. The van der Waals surface area contributed by atoms with Crippen LogP contribution >= 0.6 is 0 Å². The summed E-state index contributed by atoms with van der Waals surface area (Å²) in [5.41, 5.74) is 6.55. The fraction of sp³-hybridized carbons (Fsp3) is 0.395. The molecule has 2 N–H and O–H groups in total. The Kier molecular flexibility index (Phi) is 9.40. The Morgan fingerprint density at radius 3 is 2.50 bits per heavy atom. The monoisotopic (exact) mass is 699 g/mol. The van der Waals surface area contributed by atoms with Gasteiger partial charge in [-0.2, -0.15) is 0 Å². The van der Waals surface area contributed by atoms with Gasteiger partial charge in [-0.25, -0.2) is 9.78 Å². The van der Waals surface area contributed by atoms with Crippen LogP contribution in [0.3, 0.4) is 0 Å². The number of hydrogen-bond acceptors (Lipinski definition) is 7. The van der Waals surface area contributed by atoms with Crippen molar-refractivity contribution in [3.05, 3.63) is 114 Å². The number of aromatic nitrogens is 2. The van der Waals surface area contributed by atoms with Crippen LogP contribution in [0, 0.1) is 5.41 Å². The molecule has 3 fully saturated rings. The van der Waals surface area contributed by atoms with E-state index in [-0.39, 0.29) is 5.56 Å². The number of methoxy groups -OCH3 is 1. The molecule has 0 amide bonds. The molecule has 270 valence electrons. The van der Waals surface area contributed by atoms with E-state index in [1.165, 1.54) is 29.5 Å². The van der Waals surface area contributed by atoms with Crippen LogP contribution in [-0.4, -0.2) is 76.7 Å². The number of nitrogens with zero attached hydrogens (tertiary/aromatic N) is 4. The molecule has 8 rings (SSSR count). The number of carboxylic acid groups (broad SMARTS) is 1. The van der Waals surface area contributed by atoms with Gasteiger partial charge >= 0.3 is 5.97 Å². The van der Waals surface area contributed by atoms with Gasteiger partial charge in [-0.15, -0.1) is 0 Å². The van der Waals surface area contributed by atoms with Gasteiger partial charge in [0.1, 0.15) is 28.5 Å². The first-order valence-corrected chi connectivity index (χ1v) is 18.7. The molecule has 9 heteroatoms. The lowest BCUT2D eigenvalue weighted by molar-refractivity contribution is -0.0628. The molecule has 1 saturated carbocycles. The topological polar surface area (TPSA) is 94.2 Å². The zero-order valence-electron chi connectivity index (χ0n) is 30.4. The number of carbonyl (C=O) groups is 1. The highest BCUT2D eigenvalue weighted by atomic mass is 16.5. The van der Waals surface area contributed by atoms with Crippen molar-refractivity contribution in [2.45, 2.75) is 64.1 Å². The van der Waals surface area contributed by atoms with Crippen LogP contribution in [0.25, 0.3) is 11.0 Å². The molecular formula is C43H49N5O4. The van der Waals surface area contributed by atoms with Crippen molar-refractivity contribution in [2.24, 2.45) is 5.41 Å². The summed E-state index contributed by atoms with van der Waals surface area (Å²) in [4.78, 5) is 27.5. The van der Waals surface area contributed by atoms with Gasteiger partial charge in [0.05, 0.1) is 13.3 Å². The Balaban J connectivity index is 0.945. The van der Waals surface area contributed by atoms with Gasteiger partial charge < -0.3 is 24.5 Å². The normalized spacial score (nSPS) is 19.6. The largest absolute Gasteiger partial charge is 0.497 e. The molecule has 1 aliphatic carbocycles. The number of H-pyrrole nitrogens is 1. The molecule has 1 spiro atoms. The molecular weight excluding hydrogens is 651 g/mol. The standard InChI is InChI=1S/C43H49N5O4/c1-29(2)36-6-4-5-7-37(36)39-28-46(27-30-8-11-34(51-3)12-9-30)20-21-48(39)33-24-43(25-33)15-18-47(19-16-43)32-10-13-38(42(49)50)40(23-32)52-35-22-31-14-17-44-41(31)45-26-35/h4-14,17,22-23,26,29,33,39H,15-16,18-21,24-25,27-28H2,1-3H3,(H,44,45)(H,49,50). The van der Waals surface area contributed by atoms with Gasteiger partial charge in [0.25, 0.3) is 0 Å². The van der Waals surface area contributed by atoms with Crippen LogP contribution < -0.4 is 14.4 Å². The van der Waals surface area contributed by atoms with Crippen LogP contribution in [-0.2, 0) is 6.54 Å². The second-order valence-electron chi connectivity index (χ2n) is 15.3. The predicted molar refractivity (Wildman–Crippen MR) is 205 cm³/mol. The maximum atomic E-state index is 12.1. The van der Waals surface area contributed by atoms with E-state index in [4.69, 9.17) is 9.47 Å². The number of carboxylic acids is 1. The quantitative estimate of drug-likeness (QED) is 0.150. The van der Waals surface area contributed by atoms with E-state index in [0.29, 0.717) is 34.9 Å². The summed E-state index contributed by atoms with van der Waals surface area (Å²) in [5.74, 6) is 1.22. The van der Waals surface area contributed by atoms with Gasteiger partial charge in [0.15, 0.2) is 0 Å². The Labute approximate surface area is 306 Å². The van der Waals surface area contributed by atoms with Crippen molar-refractivity contribution in [1.82, 2.24) is 19.8 Å². The molecule has 2 saturated heterocycles. The van der Waals surface area contributed by atoms with Gasteiger partial charge in [-0.1, -0.05) is 50.2 Å². The van der Waals surface area contributed by atoms with Crippen molar-refractivity contribution in [1.29, 1.82) is 0 Å². The summed E-state index contributed by atoms with van der Waals surface area (Å²) >= 11 is 0. The van der Waals surface area contributed by atoms with E-state index in [9.17, 15) is 9.90 Å². The average molecular weight is 700 g/mol. The summed E-state index contributed by atoms with van der Waals surface area (Å²) in [6.07, 6.45) is 8.20. The number of nitrogens with one attached hydrogen (secondary N) is 1. The zero-order valence-corrected chi connectivity index (χ0v) is 30.4. The lowest BCUT2D eigenvalue weighted by Gasteiger charge is -2.58. The second kappa shape index (κ2) is 14.3. The maximum Gasteiger partial charge on any atom is 0.339 e. The van der Waals surface area contributed by atoms with E-state index >= 15 is 0 Å². The van der Waals surface area contributed by atoms with Crippen LogP contribution in [0.5, 0.6) is 17.2 Å². The molecule has 2 aliphatic heterocycles. The first-order valence-electron chi connectivity index (χ1n) is 18.7. The van der Waals surface area contributed by atoms with Crippen LogP contribution in [0.4, 0.5) is 5.69 Å². The minimum Gasteiger partial charge on any atom is -0.497 e. The van der Waals surface area contributed by atoms with E-state index in [2.05, 4.69) is 87.0 Å². The number of aromatic amines is 1. The van der Waals surface area contributed by atoms with Crippen molar-refractivity contribution >= 4 is 22.7 Å². The Morgan fingerprint density at radius 1 is 0.962 bits per heavy atom. The third-order valence-corrected chi connectivity index (χ3v) is 11.8. The van der Waals surface area contributed by atoms with E-state index in [1.807, 2.05) is 30.5 Å². The first-order chi connectivity index (χ1) is 25.3. The van der Waals surface area contributed by atoms with Crippen molar-refractivity contribution in [2.75, 3.05) is 44.7 Å². The number of anilines is 1. The van der Waals surface area contributed by atoms with E-state index in [0.717, 1.165) is 74.6 Å². The van der Waals surface area contributed by atoms with Crippen molar-refractivity contribution in [3.63, 3.8) is 0 Å². The fourth-order valence-corrected chi connectivity index (χ4v) is 8.93. The molecule has 52 heavy (non-hydrogen) atoms. The first kappa shape index (κ1) is 34.2. The summed E-state index contributed by atoms with van der Waals surface area (Å²) < 4.78 is 11.6. The number of ether oxygens (including phenoxy) is 2. The van der Waals surface area contributed by atoms with Crippen LogP contribution in [0.2, 0.25) is 0 Å². The Bertz CT molecular complexity index is 2030.